The average molecular weight is 231 g/mol. The number of aryl methyl sites for hydroxylation is 1. The van der Waals surface area contributed by atoms with Gasteiger partial charge < -0.3 is 5.32 Å². The number of nitrogens with one attached hydrogen (secondary N) is 1. The van der Waals surface area contributed by atoms with Gasteiger partial charge >= 0.3 is 0 Å². The second kappa shape index (κ2) is 4.01. The Hall–Kier alpha value is -2.17. The highest BCUT2D eigenvalue weighted by Crippen LogP contribution is 2.20. The minimum atomic E-state index is -0.164. The van der Waals surface area contributed by atoms with Crippen molar-refractivity contribution < 1.29 is 9.59 Å². The molecular formula is C12H13N3O2. The Morgan fingerprint density at radius 3 is 2.65 bits per heavy atom. The molecule has 1 amide bonds. The minimum Gasteiger partial charge on any atom is -0.323 e. The maximum Gasteiger partial charge on any atom is 0.221 e. The fourth-order valence-electron chi connectivity index (χ4n) is 1.89. The van der Waals surface area contributed by atoms with Crippen LogP contribution in [0.5, 0.6) is 0 Å². The summed E-state index contributed by atoms with van der Waals surface area (Å²) in [5.41, 5.74) is 2.41. The van der Waals surface area contributed by atoms with Crippen LogP contribution in [-0.4, -0.2) is 21.1 Å². The summed E-state index contributed by atoms with van der Waals surface area (Å²) >= 11 is 0. The van der Waals surface area contributed by atoms with Crippen LogP contribution < -0.4 is 5.32 Å². The molecule has 5 heteroatoms. The third-order valence-corrected chi connectivity index (χ3v) is 2.47. The zero-order valence-electron chi connectivity index (χ0n) is 9.94. The highest BCUT2D eigenvalue weighted by Gasteiger charge is 2.14. The smallest absolute Gasteiger partial charge is 0.221 e. The first kappa shape index (κ1) is 11.3. The lowest BCUT2D eigenvalue weighted by atomic mass is 10.2. The molecule has 0 aromatic carbocycles. The number of aromatic nitrogens is 2. The first-order chi connectivity index (χ1) is 8.00. The Morgan fingerprint density at radius 1 is 1.35 bits per heavy atom. The van der Waals surface area contributed by atoms with Crippen molar-refractivity contribution in [2.45, 2.75) is 20.8 Å². The van der Waals surface area contributed by atoms with Crippen LogP contribution in [0, 0.1) is 6.92 Å². The number of pyridine rings is 1. The molecular weight excluding hydrogens is 218 g/mol. The first-order valence-corrected chi connectivity index (χ1v) is 5.27. The van der Waals surface area contributed by atoms with Crippen LogP contribution in [-0.2, 0) is 4.79 Å². The van der Waals surface area contributed by atoms with Gasteiger partial charge in [0.1, 0.15) is 5.69 Å². The molecule has 0 aliphatic heterocycles. The van der Waals surface area contributed by atoms with Gasteiger partial charge in [-0.1, -0.05) is 0 Å². The van der Waals surface area contributed by atoms with Crippen LogP contribution in [0.4, 0.5) is 5.69 Å². The van der Waals surface area contributed by atoms with Gasteiger partial charge in [-0.25, -0.2) is 4.98 Å². The predicted molar refractivity (Wildman–Crippen MR) is 64.2 cm³/mol. The van der Waals surface area contributed by atoms with Crippen LogP contribution in [0.15, 0.2) is 18.3 Å². The van der Waals surface area contributed by atoms with Gasteiger partial charge in [0, 0.05) is 20.0 Å². The number of fused-ring (bicyclic) bond motifs is 1. The number of ketones is 1. The lowest BCUT2D eigenvalue weighted by Gasteiger charge is -2.04. The molecule has 2 heterocycles. The van der Waals surface area contributed by atoms with Crippen LogP contribution in [0.1, 0.15) is 30.0 Å². The highest BCUT2D eigenvalue weighted by molar-refractivity contribution is 5.97. The van der Waals surface area contributed by atoms with E-state index in [1.54, 1.807) is 29.7 Å². The normalized spacial score (nSPS) is 10.5. The van der Waals surface area contributed by atoms with Gasteiger partial charge in [-0.05, 0) is 19.1 Å². The summed E-state index contributed by atoms with van der Waals surface area (Å²) in [6.45, 7) is 4.72. The van der Waals surface area contributed by atoms with Gasteiger partial charge in [-0.15, -0.1) is 0 Å². The van der Waals surface area contributed by atoms with Gasteiger partial charge in [0.2, 0.25) is 5.91 Å². The summed E-state index contributed by atoms with van der Waals surface area (Å²) in [4.78, 5) is 26.9. The average Bonchev–Trinajstić information content (AvgIpc) is 2.54. The van der Waals surface area contributed by atoms with Gasteiger partial charge in [0.15, 0.2) is 11.4 Å². The molecule has 0 aliphatic carbocycles. The van der Waals surface area contributed by atoms with Crippen molar-refractivity contribution in [3.63, 3.8) is 0 Å². The summed E-state index contributed by atoms with van der Waals surface area (Å²) in [7, 11) is 0. The third-order valence-electron chi connectivity index (χ3n) is 2.47. The molecule has 17 heavy (non-hydrogen) atoms. The number of imidazole rings is 1. The van der Waals surface area contributed by atoms with E-state index in [4.69, 9.17) is 0 Å². The lowest BCUT2D eigenvalue weighted by Crippen LogP contribution is -2.08. The number of carbonyl (C=O) groups is 2. The summed E-state index contributed by atoms with van der Waals surface area (Å²) in [6.07, 6.45) is 1.76. The second-order valence-electron chi connectivity index (χ2n) is 3.90. The molecule has 0 aliphatic rings. The van der Waals surface area contributed by atoms with Crippen molar-refractivity contribution in [1.82, 2.24) is 9.38 Å². The number of Topliss-reactive ketones (excluding diaryl/α,β-unsaturated/α-hetero) is 1. The molecule has 88 valence electrons. The number of nitrogens with zero attached hydrogens (tertiary/aromatic N) is 2. The fraction of sp³-hybridized carbons (Fsp3) is 0.250. The highest BCUT2D eigenvalue weighted by atomic mass is 16.1. The van der Waals surface area contributed by atoms with Crippen LogP contribution >= 0.6 is 0 Å². The Kier molecular flexibility index (Phi) is 2.67. The van der Waals surface area contributed by atoms with Gasteiger partial charge in [0.05, 0.1) is 11.4 Å². The Balaban J connectivity index is 2.70. The number of carbonyl (C=O) groups excluding carboxylic acids is 2. The van der Waals surface area contributed by atoms with E-state index in [0.29, 0.717) is 22.7 Å². The fourth-order valence-corrected chi connectivity index (χ4v) is 1.89. The van der Waals surface area contributed by atoms with Crippen molar-refractivity contribution in [3.8, 4) is 0 Å². The zero-order valence-corrected chi connectivity index (χ0v) is 9.94. The van der Waals surface area contributed by atoms with E-state index in [1.165, 1.54) is 13.8 Å². The molecule has 0 saturated heterocycles. The zero-order chi connectivity index (χ0) is 12.6. The number of amides is 1. The molecule has 2 rings (SSSR count). The van der Waals surface area contributed by atoms with Crippen molar-refractivity contribution in [2.24, 2.45) is 0 Å². The molecule has 2 aromatic rings. The van der Waals surface area contributed by atoms with Crippen LogP contribution in [0.3, 0.4) is 0 Å². The Bertz CT molecular complexity index is 613. The monoisotopic (exact) mass is 231 g/mol. The van der Waals surface area contributed by atoms with E-state index in [2.05, 4.69) is 10.3 Å². The van der Waals surface area contributed by atoms with Crippen molar-refractivity contribution in [2.75, 3.05) is 5.32 Å². The molecule has 5 nitrogen and oxygen atoms in total. The standard InChI is InChI=1S/C12H13N3O2/c1-7-11(8(2)16)15-6-4-5-10(12(15)13-7)14-9(3)17/h4-6H,1-3H3,(H,14,17). The number of anilines is 1. The first-order valence-electron chi connectivity index (χ1n) is 5.27. The van der Waals surface area contributed by atoms with E-state index >= 15 is 0 Å². The quantitative estimate of drug-likeness (QED) is 0.801. The van der Waals surface area contributed by atoms with Crippen molar-refractivity contribution in [3.05, 3.63) is 29.7 Å². The van der Waals surface area contributed by atoms with Gasteiger partial charge in [-0.2, -0.15) is 0 Å². The van der Waals surface area contributed by atoms with Gasteiger partial charge in [-0.3, -0.25) is 14.0 Å². The van der Waals surface area contributed by atoms with Gasteiger partial charge in [0.25, 0.3) is 0 Å². The topological polar surface area (TPSA) is 63.5 Å². The molecule has 0 atom stereocenters. The summed E-state index contributed by atoms with van der Waals surface area (Å²) < 4.78 is 1.70. The summed E-state index contributed by atoms with van der Waals surface area (Å²) in [5, 5.41) is 2.69. The maximum absolute atomic E-state index is 11.5. The van der Waals surface area contributed by atoms with E-state index in [1.807, 2.05) is 0 Å². The number of hydrogen-bond acceptors (Lipinski definition) is 3. The summed E-state index contributed by atoms with van der Waals surface area (Å²) in [5.74, 6) is -0.210. The molecule has 0 spiro atoms. The molecule has 0 fully saturated rings. The predicted octanol–water partition coefficient (Wildman–Crippen LogP) is 1.80. The number of hydrogen-bond donors (Lipinski definition) is 1. The molecule has 0 saturated carbocycles. The Labute approximate surface area is 98.5 Å². The SMILES string of the molecule is CC(=O)Nc1cccn2c(C(C)=O)c(C)nc12. The molecule has 0 unspecified atom stereocenters. The molecule has 0 radical (unpaired) electrons. The van der Waals surface area contributed by atoms with Crippen LogP contribution in [0.25, 0.3) is 5.65 Å². The maximum atomic E-state index is 11.5. The summed E-state index contributed by atoms with van der Waals surface area (Å²) in [6, 6.07) is 3.53. The Morgan fingerprint density at radius 2 is 2.06 bits per heavy atom. The molecule has 1 N–H and O–H groups in total. The molecule has 2 aromatic heterocycles. The minimum absolute atomic E-state index is 0.0463. The van der Waals surface area contributed by atoms with Crippen molar-refractivity contribution >= 4 is 23.0 Å². The van der Waals surface area contributed by atoms with E-state index in [9.17, 15) is 9.59 Å². The number of rotatable bonds is 2. The van der Waals surface area contributed by atoms with Crippen LogP contribution in [0.2, 0.25) is 0 Å². The van der Waals surface area contributed by atoms with Crippen molar-refractivity contribution in [1.29, 1.82) is 0 Å². The second-order valence-corrected chi connectivity index (χ2v) is 3.90. The van der Waals surface area contributed by atoms with E-state index < -0.39 is 0 Å². The third kappa shape index (κ3) is 1.91. The largest absolute Gasteiger partial charge is 0.323 e. The van der Waals surface area contributed by atoms with E-state index in [-0.39, 0.29) is 11.7 Å². The lowest BCUT2D eigenvalue weighted by molar-refractivity contribution is -0.114. The molecule has 0 bridgehead atoms. The van der Waals surface area contributed by atoms with E-state index in [0.717, 1.165) is 0 Å².